The third kappa shape index (κ3) is 2.78. The highest BCUT2D eigenvalue weighted by Crippen LogP contribution is 2.35. The number of hydrogen-bond acceptors (Lipinski definition) is 3. The molecule has 2 saturated carbocycles. The van der Waals surface area contributed by atoms with E-state index in [-0.39, 0.29) is 0 Å². The molecule has 1 aromatic rings. The molecule has 2 fully saturated rings. The van der Waals surface area contributed by atoms with Crippen LogP contribution in [-0.4, -0.2) is 30.1 Å². The van der Waals surface area contributed by atoms with E-state index >= 15 is 0 Å². The number of nitrogens with one attached hydrogen (secondary N) is 1. The summed E-state index contributed by atoms with van der Waals surface area (Å²) in [5.41, 5.74) is 0. The van der Waals surface area contributed by atoms with E-state index in [1.807, 2.05) is 6.07 Å². The Morgan fingerprint density at radius 1 is 1.17 bits per heavy atom. The molecule has 0 spiro atoms. The van der Waals surface area contributed by atoms with Crippen LogP contribution in [0.3, 0.4) is 0 Å². The standard InChI is InChI=1S/C15H24N2O/c1-16-12-4-6-13(7-5-12)17(14-8-9-14)11-15-3-2-10-18-15/h2-3,10,12-14,16H,4-9,11H2,1H3. The molecule has 18 heavy (non-hydrogen) atoms. The van der Waals surface area contributed by atoms with Crippen LogP contribution in [0.15, 0.2) is 22.8 Å². The first-order valence-corrected chi connectivity index (χ1v) is 7.32. The quantitative estimate of drug-likeness (QED) is 0.868. The molecule has 2 aliphatic rings. The van der Waals surface area contributed by atoms with Crippen molar-refractivity contribution in [1.29, 1.82) is 0 Å². The largest absolute Gasteiger partial charge is 0.468 e. The minimum atomic E-state index is 0.742. The lowest BCUT2D eigenvalue weighted by molar-refractivity contribution is 0.120. The van der Waals surface area contributed by atoms with Gasteiger partial charge >= 0.3 is 0 Å². The van der Waals surface area contributed by atoms with Gasteiger partial charge < -0.3 is 9.73 Å². The predicted molar refractivity (Wildman–Crippen MR) is 72.4 cm³/mol. The van der Waals surface area contributed by atoms with Crippen molar-refractivity contribution in [2.45, 2.75) is 63.2 Å². The van der Waals surface area contributed by atoms with Crippen LogP contribution in [0, 0.1) is 0 Å². The summed E-state index contributed by atoms with van der Waals surface area (Å²) >= 11 is 0. The molecule has 0 amide bonds. The zero-order valence-corrected chi connectivity index (χ0v) is 11.3. The Morgan fingerprint density at radius 2 is 1.83 bits per heavy atom. The first-order valence-electron chi connectivity index (χ1n) is 7.32. The Hall–Kier alpha value is -0.800. The summed E-state index contributed by atoms with van der Waals surface area (Å²) in [6, 6.07) is 6.44. The number of hydrogen-bond donors (Lipinski definition) is 1. The molecule has 0 aliphatic heterocycles. The van der Waals surface area contributed by atoms with Crippen molar-refractivity contribution in [3.8, 4) is 0 Å². The average Bonchev–Trinajstić information content (AvgIpc) is 3.13. The van der Waals surface area contributed by atoms with Crippen LogP contribution in [0.4, 0.5) is 0 Å². The van der Waals surface area contributed by atoms with E-state index in [4.69, 9.17) is 4.42 Å². The van der Waals surface area contributed by atoms with Gasteiger partial charge in [-0.1, -0.05) is 0 Å². The molecule has 100 valence electrons. The summed E-state index contributed by atoms with van der Waals surface area (Å²) in [6.45, 7) is 1.01. The smallest absolute Gasteiger partial charge is 0.117 e. The zero-order chi connectivity index (χ0) is 12.4. The fraction of sp³-hybridized carbons (Fsp3) is 0.733. The zero-order valence-electron chi connectivity index (χ0n) is 11.3. The van der Waals surface area contributed by atoms with E-state index in [1.54, 1.807) is 6.26 Å². The lowest BCUT2D eigenvalue weighted by Gasteiger charge is -2.36. The molecule has 0 unspecified atom stereocenters. The van der Waals surface area contributed by atoms with Crippen molar-refractivity contribution >= 4 is 0 Å². The van der Waals surface area contributed by atoms with Crippen molar-refractivity contribution in [3.63, 3.8) is 0 Å². The maximum absolute atomic E-state index is 5.52. The highest BCUT2D eigenvalue weighted by atomic mass is 16.3. The second-order valence-corrected chi connectivity index (χ2v) is 5.78. The van der Waals surface area contributed by atoms with Gasteiger partial charge in [-0.05, 0) is 57.7 Å². The average molecular weight is 248 g/mol. The normalized spacial score (nSPS) is 28.8. The van der Waals surface area contributed by atoms with Gasteiger partial charge in [-0.3, -0.25) is 4.90 Å². The Bertz CT molecular complexity index is 351. The van der Waals surface area contributed by atoms with Crippen molar-refractivity contribution in [2.24, 2.45) is 0 Å². The van der Waals surface area contributed by atoms with Crippen molar-refractivity contribution in [2.75, 3.05) is 7.05 Å². The van der Waals surface area contributed by atoms with Crippen molar-refractivity contribution in [1.82, 2.24) is 10.2 Å². The SMILES string of the molecule is CNC1CCC(N(Cc2ccco2)C2CC2)CC1. The summed E-state index contributed by atoms with van der Waals surface area (Å²) in [5, 5.41) is 3.42. The van der Waals surface area contributed by atoms with Gasteiger partial charge in [-0.25, -0.2) is 0 Å². The molecule has 0 aromatic carbocycles. The van der Waals surface area contributed by atoms with Gasteiger partial charge in [0.25, 0.3) is 0 Å². The first kappa shape index (κ1) is 12.2. The minimum absolute atomic E-state index is 0.742. The summed E-state index contributed by atoms with van der Waals surface area (Å²) < 4.78 is 5.52. The fourth-order valence-corrected chi connectivity index (χ4v) is 3.24. The Labute approximate surface area is 110 Å². The lowest BCUT2D eigenvalue weighted by atomic mass is 9.90. The van der Waals surface area contributed by atoms with Crippen LogP contribution in [0.25, 0.3) is 0 Å². The Kier molecular flexibility index (Phi) is 3.71. The van der Waals surface area contributed by atoms with E-state index < -0.39 is 0 Å². The molecule has 1 heterocycles. The molecule has 1 aromatic heterocycles. The first-order chi connectivity index (χ1) is 8.86. The molecule has 1 N–H and O–H groups in total. The molecule has 3 heteroatoms. The van der Waals surface area contributed by atoms with Gasteiger partial charge in [0.1, 0.15) is 5.76 Å². The van der Waals surface area contributed by atoms with Crippen LogP contribution in [0.1, 0.15) is 44.3 Å². The van der Waals surface area contributed by atoms with E-state index in [0.717, 1.165) is 30.4 Å². The summed E-state index contributed by atoms with van der Waals surface area (Å²) in [6.07, 6.45) is 9.87. The third-order valence-corrected chi connectivity index (χ3v) is 4.51. The Morgan fingerprint density at radius 3 is 2.33 bits per heavy atom. The number of furan rings is 1. The molecule has 0 saturated heterocycles. The second-order valence-electron chi connectivity index (χ2n) is 5.78. The van der Waals surface area contributed by atoms with Gasteiger partial charge in [0, 0.05) is 18.1 Å². The second kappa shape index (κ2) is 5.45. The van der Waals surface area contributed by atoms with E-state index in [2.05, 4.69) is 23.3 Å². The topological polar surface area (TPSA) is 28.4 Å². The van der Waals surface area contributed by atoms with Crippen LogP contribution in [0.5, 0.6) is 0 Å². The molecule has 3 rings (SSSR count). The van der Waals surface area contributed by atoms with Gasteiger partial charge in [0.15, 0.2) is 0 Å². The summed E-state index contributed by atoms with van der Waals surface area (Å²) in [5.74, 6) is 1.12. The summed E-state index contributed by atoms with van der Waals surface area (Å²) in [7, 11) is 2.09. The molecule has 0 atom stereocenters. The highest BCUT2D eigenvalue weighted by Gasteiger charge is 2.35. The molecule has 2 aliphatic carbocycles. The maximum Gasteiger partial charge on any atom is 0.117 e. The molecular weight excluding hydrogens is 224 g/mol. The van der Waals surface area contributed by atoms with E-state index in [0.29, 0.717) is 0 Å². The lowest BCUT2D eigenvalue weighted by Crippen LogP contribution is -2.42. The minimum Gasteiger partial charge on any atom is -0.468 e. The van der Waals surface area contributed by atoms with Gasteiger partial charge in [-0.2, -0.15) is 0 Å². The van der Waals surface area contributed by atoms with Crippen molar-refractivity contribution in [3.05, 3.63) is 24.2 Å². The molecule has 0 radical (unpaired) electrons. The van der Waals surface area contributed by atoms with Crippen LogP contribution in [-0.2, 0) is 6.54 Å². The third-order valence-electron chi connectivity index (χ3n) is 4.51. The number of rotatable bonds is 5. The summed E-state index contributed by atoms with van der Waals surface area (Å²) in [4.78, 5) is 2.70. The number of nitrogens with zero attached hydrogens (tertiary/aromatic N) is 1. The van der Waals surface area contributed by atoms with Crippen LogP contribution >= 0.6 is 0 Å². The van der Waals surface area contributed by atoms with Gasteiger partial charge in [0.2, 0.25) is 0 Å². The van der Waals surface area contributed by atoms with Gasteiger partial charge in [-0.15, -0.1) is 0 Å². The van der Waals surface area contributed by atoms with Crippen LogP contribution < -0.4 is 5.32 Å². The Balaban J connectivity index is 1.60. The predicted octanol–water partition coefficient (Wildman–Crippen LogP) is 2.77. The van der Waals surface area contributed by atoms with Crippen molar-refractivity contribution < 1.29 is 4.42 Å². The molecule has 0 bridgehead atoms. The fourth-order valence-electron chi connectivity index (χ4n) is 3.24. The van der Waals surface area contributed by atoms with Crippen LogP contribution in [0.2, 0.25) is 0 Å². The highest BCUT2D eigenvalue weighted by molar-refractivity contribution is 5.01. The van der Waals surface area contributed by atoms with E-state index in [1.165, 1.54) is 38.5 Å². The maximum atomic E-state index is 5.52. The molecule has 3 nitrogen and oxygen atoms in total. The van der Waals surface area contributed by atoms with Gasteiger partial charge in [0.05, 0.1) is 12.8 Å². The van der Waals surface area contributed by atoms with E-state index in [9.17, 15) is 0 Å². The molecular formula is C15H24N2O. The monoisotopic (exact) mass is 248 g/mol.